The fourth-order valence-corrected chi connectivity index (χ4v) is 4.57. The van der Waals surface area contributed by atoms with Crippen molar-refractivity contribution in [1.82, 2.24) is 0 Å². The van der Waals surface area contributed by atoms with E-state index in [1.807, 2.05) is 12.1 Å². The van der Waals surface area contributed by atoms with Gasteiger partial charge in [0, 0.05) is 28.5 Å². The number of rotatable bonds is 12. The van der Waals surface area contributed by atoms with Crippen LogP contribution in [0.1, 0.15) is 54.8 Å². The molecule has 3 rings (SSSR count). The molecule has 1 heterocycles. The molecule has 3 aromatic rings. The molecule has 0 bridgehead atoms. The van der Waals surface area contributed by atoms with Crippen molar-refractivity contribution in [2.24, 2.45) is 0 Å². The second-order valence-electron chi connectivity index (χ2n) is 8.41. The van der Waals surface area contributed by atoms with Crippen molar-refractivity contribution in [3.05, 3.63) is 81.6 Å². The van der Waals surface area contributed by atoms with E-state index in [0.717, 1.165) is 28.4 Å². The molecule has 2 aromatic carbocycles. The Morgan fingerprint density at radius 3 is 2.26 bits per heavy atom. The van der Waals surface area contributed by atoms with E-state index in [-0.39, 0.29) is 5.57 Å². The molecule has 0 atom stereocenters. The van der Waals surface area contributed by atoms with Crippen LogP contribution in [-0.4, -0.2) is 24.2 Å². The van der Waals surface area contributed by atoms with Crippen LogP contribution in [0, 0.1) is 11.3 Å². The normalized spacial score (nSPS) is 12.0. The van der Waals surface area contributed by atoms with Crippen molar-refractivity contribution in [2.75, 3.05) is 18.0 Å². The Balaban J connectivity index is 1.71. The number of aliphatic carboxylic acids is 1. The lowest BCUT2D eigenvalue weighted by Gasteiger charge is -2.25. The molecule has 0 aliphatic heterocycles. The highest BCUT2D eigenvalue weighted by Crippen LogP contribution is 2.26. The van der Waals surface area contributed by atoms with Crippen LogP contribution in [-0.2, 0) is 4.79 Å². The van der Waals surface area contributed by atoms with E-state index in [0.29, 0.717) is 0 Å². The minimum absolute atomic E-state index is 0.282. The standard InChI is InChI=1S/C30H32N2O2S/c1-3-5-18-32(19-6-4-2)27-14-13-24-20-23(10-12-25(24)21-27)11-15-29-17-16-28(35-29)9-7-8-26(22-31)30(33)34/h7-17,20-21H,3-6,18-19H2,1-2H3,(H,33,34)/b9-7+,15-11+,26-8+. The number of fused-ring (bicyclic) bond motifs is 1. The summed E-state index contributed by atoms with van der Waals surface area (Å²) < 4.78 is 0. The molecular weight excluding hydrogens is 452 g/mol. The predicted octanol–water partition coefficient (Wildman–Crippen LogP) is 8.03. The van der Waals surface area contributed by atoms with Crippen molar-refractivity contribution in [3.63, 3.8) is 0 Å². The molecule has 0 fully saturated rings. The summed E-state index contributed by atoms with van der Waals surface area (Å²) in [5.74, 6) is -1.22. The molecular formula is C30H32N2O2S. The molecule has 180 valence electrons. The third-order valence-corrected chi connectivity index (χ3v) is 6.75. The zero-order chi connectivity index (χ0) is 25.0. The average molecular weight is 485 g/mol. The Morgan fingerprint density at radius 2 is 1.60 bits per heavy atom. The largest absolute Gasteiger partial charge is 0.477 e. The van der Waals surface area contributed by atoms with Gasteiger partial charge < -0.3 is 10.0 Å². The van der Waals surface area contributed by atoms with Gasteiger partial charge in [-0.05, 0) is 77.7 Å². The van der Waals surface area contributed by atoms with Gasteiger partial charge in [0.15, 0.2) is 0 Å². The van der Waals surface area contributed by atoms with Crippen molar-refractivity contribution in [2.45, 2.75) is 39.5 Å². The summed E-state index contributed by atoms with van der Waals surface area (Å²) in [4.78, 5) is 15.5. The molecule has 0 unspecified atom stereocenters. The van der Waals surface area contributed by atoms with Gasteiger partial charge in [-0.1, -0.05) is 57.0 Å². The highest BCUT2D eigenvalue weighted by Gasteiger charge is 2.07. The van der Waals surface area contributed by atoms with E-state index >= 15 is 0 Å². The maximum atomic E-state index is 10.9. The number of carbonyl (C=O) groups is 1. The topological polar surface area (TPSA) is 64.3 Å². The van der Waals surface area contributed by atoms with Crippen molar-refractivity contribution >= 4 is 52.0 Å². The third kappa shape index (κ3) is 7.70. The number of hydrogen-bond acceptors (Lipinski definition) is 4. The minimum Gasteiger partial charge on any atom is -0.477 e. The van der Waals surface area contributed by atoms with Gasteiger partial charge in [-0.25, -0.2) is 4.79 Å². The Morgan fingerprint density at radius 1 is 0.943 bits per heavy atom. The second-order valence-corrected chi connectivity index (χ2v) is 9.56. The number of benzene rings is 2. The fourth-order valence-electron chi connectivity index (χ4n) is 3.74. The first-order chi connectivity index (χ1) is 17.0. The molecule has 4 nitrogen and oxygen atoms in total. The maximum absolute atomic E-state index is 10.9. The summed E-state index contributed by atoms with van der Waals surface area (Å²) >= 11 is 1.60. The van der Waals surface area contributed by atoms with E-state index in [1.54, 1.807) is 29.6 Å². The van der Waals surface area contributed by atoms with Crippen LogP contribution in [0.15, 0.2) is 66.3 Å². The van der Waals surface area contributed by atoms with E-state index in [1.165, 1.54) is 48.2 Å². The smallest absolute Gasteiger partial charge is 0.346 e. The summed E-state index contributed by atoms with van der Waals surface area (Å²) in [6.45, 7) is 6.70. The van der Waals surface area contributed by atoms with Crippen LogP contribution >= 0.6 is 11.3 Å². The number of thiophene rings is 1. The first kappa shape index (κ1) is 26.0. The Hall–Kier alpha value is -3.62. The minimum atomic E-state index is -1.22. The Labute approximate surface area is 212 Å². The highest BCUT2D eigenvalue weighted by atomic mass is 32.1. The number of nitriles is 1. The van der Waals surface area contributed by atoms with Gasteiger partial charge in [-0.3, -0.25) is 0 Å². The van der Waals surface area contributed by atoms with Crippen molar-refractivity contribution in [3.8, 4) is 6.07 Å². The van der Waals surface area contributed by atoms with Gasteiger partial charge in [0.2, 0.25) is 0 Å². The molecule has 1 aromatic heterocycles. The monoisotopic (exact) mass is 484 g/mol. The Bertz CT molecular complexity index is 1270. The van der Waals surface area contributed by atoms with Crippen LogP contribution in [0.3, 0.4) is 0 Å². The van der Waals surface area contributed by atoms with Crippen LogP contribution < -0.4 is 4.90 Å². The first-order valence-corrected chi connectivity index (χ1v) is 12.9. The molecule has 0 radical (unpaired) electrons. The van der Waals surface area contributed by atoms with Crippen LogP contribution in [0.25, 0.3) is 29.0 Å². The molecule has 0 amide bonds. The molecule has 0 aliphatic rings. The first-order valence-electron chi connectivity index (χ1n) is 12.1. The molecule has 0 spiro atoms. The molecule has 0 saturated heterocycles. The van der Waals surface area contributed by atoms with Crippen LogP contribution in [0.4, 0.5) is 5.69 Å². The van der Waals surface area contributed by atoms with Crippen molar-refractivity contribution < 1.29 is 9.90 Å². The van der Waals surface area contributed by atoms with Gasteiger partial charge in [0.25, 0.3) is 0 Å². The quantitative estimate of drug-likeness (QED) is 0.161. The van der Waals surface area contributed by atoms with Crippen LogP contribution in [0.2, 0.25) is 0 Å². The highest BCUT2D eigenvalue weighted by molar-refractivity contribution is 7.13. The van der Waals surface area contributed by atoms with Gasteiger partial charge in [0.05, 0.1) is 0 Å². The fraction of sp³-hybridized carbons (Fsp3) is 0.267. The summed E-state index contributed by atoms with van der Waals surface area (Å²) in [6.07, 6.45) is 13.7. The van der Waals surface area contributed by atoms with E-state index in [2.05, 4.69) is 67.3 Å². The lowest BCUT2D eigenvalue weighted by Crippen LogP contribution is -2.25. The summed E-state index contributed by atoms with van der Waals surface area (Å²) in [5.41, 5.74) is 2.17. The van der Waals surface area contributed by atoms with E-state index in [4.69, 9.17) is 10.4 Å². The Kier molecular flexibility index (Phi) is 9.89. The summed E-state index contributed by atoms with van der Waals surface area (Å²) in [7, 11) is 0. The third-order valence-electron chi connectivity index (χ3n) is 5.74. The SMILES string of the molecule is CCCCN(CCCC)c1ccc2cc(/C=C/c3ccc(/C=C/C=C(\C#N)C(=O)O)s3)ccc2c1. The number of allylic oxidation sites excluding steroid dienone is 2. The second kappa shape index (κ2) is 13.3. The zero-order valence-corrected chi connectivity index (χ0v) is 21.2. The number of nitrogens with zero attached hydrogens (tertiary/aromatic N) is 2. The van der Waals surface area contributed by atoms with Gasteiger partial charge in [-0.2, -0.15) is 5.26 Å². The van der Waals surface area contributed by atoms with E-state index in [9.17, 15) is 4.79 Å². The zero-order valence-electron chi connectivity index (χ0n) is 20.4. The number of hydrogen-bond donors (Lipinski definition) is 1. The molecule has 5 heteroatoms. The number of anilines is 1. The van der Waals surface area contributed by atoms with Gasteiger partial charge >= 0.3 is 5.97 Å². The maximum Gasteiger partial charge on any atom is 0.346 e. The van der Waals surface area contributed by atoms with E-state index < -0.39 is 5.97 Å². The van der Waals surface area contributed by atoms with Gasteiger partial charge in [-0.15, -0.1) is 11.3 Å². The van der Waals surface area contributed by atoms with Crippen LogP contribution in [0.5, 0.6) is 0 Å². The number of carboxylic acid groups (broad SMARTS) is 1. The lowest BCUT2D eigenvalue weighted by atomic mass is 10.0. The lowest BCUT2D eigenvalue weighted by molar-refractivity contribution is -0.132. The van der Waals surface area contributed by atoms with Gasteiger partial charge in [0.1, 0.15) is 11.6 Å². The average Bonchev–Trinajstić information content (AvgIpc) is 3.32. The number of unbranched alkanes of at least 4 members (excludes halogenated alkanes) is 2. The number of carboxylic acids is 1. The molecule has 1 N–H and O–H groups in total. The summed E-state index contributed by atoms with van der Waals surface area (Å²) in [6, 6.07) is 19.0. The molecule has 35 heavy (non-hydrogen) atoms. The summed E-state index contributed by atoms with van der Waals surface area (Å²) in [5, 5.41) is 20.2. The molecule has 0 aliphatic carbocycles. The van der Waals surface area contributed by atoms with Crippen molar-refractivity contribution in [1.29, 1.82) is 5.26 Å². The molecule has 0 saturated carbocycles. The predicted molar refractivity (Wildman–Crippen MR) is 150 cm³/mol.